The first-order chi connectivity index (χ1) is 19.4. The number of sulfonamides is 1. The molecule has 3 atom stereocenters. The predicted octanol–water partition coefficient (Wildman–Crippen LogP) is 2.91. The summed E-state index contributed by atoms with van der Waals surface area (Å²) in [5.74, 6) is -1.25. The highest BCUT2D eigenvalue weighted by atomic mass is 35.5. The average molecular weight is 639 g/mol. The van der Waals surface area contributed by atoms with Crippen LogP contribution in [-0.4, -0.2) is 62.6 Å². The van der Waals surface area contributed by atoms with Gasteiger partial charge in [-0.3, -0.25) is 19.2 Å². The van der Waals surface area contributed by atoms with E-state index in [0.717, 1.165) is 16.1 Å². The molecule has 1 fully saturated rings. The van der Waals surface area contributed by atoms with Gasteiger partial charge in [-0.05, 0) is 36.4 Å². The molecule has 0 radical (unpaired) electrons. The Morgan fingerprint density at radius 3 is 2.37 bits per heavy atom. The van der Waals surface area contributed by atoms with E-state index in [1.807, 2.05) is 0 Å². The van der Waals surface area contributed by atoms with Crippen molar-refractivity contribution in [3.05, 3.63) is 81.8 Å². The third kappa shape index (κ3) is 4.44. The first kappa shape index (κ1) is 29.5. The van der Waals surface area contributed by atoms with Crippen molar-refractivity contribution in [3.8, 4) is 11.5 Å². The number of halogens is 2. The monoisotopic (exact) mass is 637 g/mol. The van der Waals surface area contributed by atoms with Gasteiger partial charge in [-0.1, -0.05) is 41.4 Å². The molecular weight excluding hydrogens is 613 g/mol. The number of ketones is 1. The van der Waals surface area contributed by atoms with Crippen LogP contribution in [0.1, 0.15) is 11.1 Å². The lowest BCUT2D eigenvalue weighted by atomic mass is 9.79. The van der Waals surface area contributed by atoms with Gasteiger partial charge in [0.25, 0.3) is 15.9 Å². The standard InChI is InChI=1S/C27H25Cl2N3O7S2/c1-38-21-10-8-16(14-22(21)39-2)41(36,37)32-20-9-7-15(28)13-18(20)26(35,17-5-3-4-6-19(17)29)23(32)24(33)27(25(30)34)31-11-12-40-27/h3-10,13-14,23,31,35H,11-12H2,1-2H3,(H2,30,34)/t23?,26?,27-/m1/s1. The summed E-state index contributed by atoms with van der Waals surface area (Å²) in [4.78, 5) is 25.1. The fourth-order valence-corrected chi connectivity index (χ4v) is 8.52. The van der Waals surface area contributed by atoms with Crippen LogP contribution in [0.4, 0.5) is 5.69 Å². The largest absolute Gasteiger partial charge is 0.493 e. The summed E-state index contributed by atoms with van der Waals surface area (Å²) in [6.07, 6.45) is 0. The van der Waals surface area contributed by atoms with Crippen molar-refractivity contribution >= 4 is 62.4 Å². The van der Waals surface area contributed by atoms with Crippen LogP contribution in [0.15, 0.2) is 65.6 Å². The minimum absolute atomic E-state index is 0.00289. The molecule has 14 heteroatoms. The van der Waals surface area contributed by atoms with E-state index in [2.05, 4.69) is 5.32 Å². The molecule has 1 amide bonds. The molecule has 10 nitrogen and oxygen atoms in total. The lowest BCUT2D eigenvalue weighted by molar-refractivity contribution is -0.134. The zero-order valence-corrected chi connectivity index (χ0v) is 24.9. The molecule has 2 unspecified atom stereocenters. The second-order valence-electron chi connectivity index (χ2n) is 9.31. The zero-order chi connectivity index (χ0) is 29.7. The molecule has 2 aliphatic rings. The number of anilines is 1. The zero-order valence-electron chi connectivity index (χ0n) is 21.8. The van der Waals surface area contributed by atoms with Crippen molar-refractivity contribution in [2.45, 2.75) is 21.4 Å². The highest BCUT2D eigenvalue weighted by Gasteiger charge is 2.64. The number of nitrogens with two attached hydrogens (primary N) is 1. The Balaban J connectivity index is 1.85. The van der Waals surface area contributed by atoms with Crippen molar-refractivity contribution in [2.75, 3.05) is 30.8 Å². The molecule has 3 aromatic carbocycles. The highest BCUT2D eigenvalue weighted by molar-refractivity contribution is 8.02. The SMILES string of the molecule is COc1ccc(S(=O)(=O)N2c3ccc(Cl)cc3C(O)(c3ccccc3Cl)C2C(=O)[C@@]2(C(N)=O)NCCS2)cc1OC. The molecule has 0 bridgehead atoms. The smallest absolute Gasteiger partial charge is 0.265 e. The molecule has 0 aliphatic carbocycles. The molecule has 0 spiro atoms. The Kier molecular flexibility index (Phi) is 7.68. The molecule has 4 N–H and O–H groups in total. The van der Waals surface area contributed by atoms with Gasteiger partial charge in [-0.2, -0.15) is 0 Å². The molecule has 216 valence electrons. The lowest BCUT2D eigenvalue weighted by Gasteiger charge is -2.38. The number of amides is 1. The number of nitrogens with one attached hydrogen (secondary N) is 1. The van der Waals surface area contributed by atoms with Gasteiger partial charge in [0.1, 0.15) is 11.6 Å². The normalized spacial score (nSPS) is 23.7. The van der Waals surface area contributed by atoms with Crippen molar-refractivity contribution in [2.24, 2.45) is 5.73 Å². The predicted molar refractivity (Wildman–Crippen MR) is 156 cm³/mol. The van der Waals surface area contributed by atoms with E-state index >= 15 is 0 Å². The Morgan fingerprint density at radius 2 is 1.76 bits per heavy atom. The minimum Gasteiger partial charge on any atom is -0.493 e. The van der Waals surface area contributed by atoms with Crippen LogP contribution < -0.4 is 24.8 Å². The van der Waals surface area contributed by atoms with Crippen LogP contribution >= 0.6 is 35.0 Å². The summed E-state index contributed by atoms with van der Waals surface area (Å²) in [6, 6.07) is 12.4. The number of carbonyl (C=O) groups excluding carboxylic acids is 2. The number of ether oxygens (including phenoxy) is 2. The molecule has 1 saturated heterocycles. The minimum atomic E-state index is -4.65. The van der Waals surface area contributed by atoms with Gasteiger partial charge >= 0.3 is 0 Å². The number of aliphatic hydroxyl groups is 1. The summed E-state index contributed by atoms with van der Waals surface area (Å²) in [5, 5.41) is 15.7. The van der Waals surface area contributed by atoms with E-state index in [-0.39, 0.29) is 49.8 Å². The molecular formula is C27H25Cl2N3O7S2. The maximum absolute atomic E-state index is 14.6. The molecule has 0 saturated carbocycles. The van der Waals surface area contributed by atoms with Gasteiger partial charge in [-0.25, -0.2) is 8.42 Å². The average Bonchev–Trinajstić information content (AvgIpc) is 3.56. The quantitative estimate of drug-likeness (QED) is 0.317. The summed E-state index contributed by atoms with van der Waals surface area (Å²) in [6.45, 7) is 0.248. The van der Waals surface area contributed by atoms with Crippen molar-refractivity contribution in [1.29, 1.82) is 0 Å². The number of hydrogen-bond acceptors (Lipinski definition) is 9. The lowest BCUT2D eigenvalue weighted by Crippen LogP contribution is -2.65. The van der Waals surface area contributed by atoms with Gasteiger partial charge in [-0.15, -0.1) is 11.8 Å². The summed E-state index contributed by atoms with van der Waals surface area (Å²) in [7, 11) is -1.90. The molecule has 41 heavy (non-hydrogen) atoms. The van der Waals surface area contributed by atoms with Crippen LogP contribution in [0.5, 0.6) is 11.5 Å². The topological polar surface area (TPSA) is 148 Å². The number of methoxy groups -OCH3 is 2. The molecule has 0 aromatic heterocycles. The number of hydrogen-bond donors (Lipinski definition) is 3. The van der Waals surface area contributed by atoms with Crippen LogP contribution in [0.2, 0.25) is 10.0 Å². The van der Waals surface area contributed by atoms with E-state index < -0.39 is 38.2 Å². The second kappa shape index (κ2) is 10.7. The number of Topliss-reactive ketones (excluding diaryl/α,β-unsaturated/α-hetero) is 1. The Bertz CT molecular complexity index is 1660. The van der Waals surface area contributed by atoms with Crippen molar-refractivity contribution < 1.29 is 32.6 Å². The first-order valence-corrected chi connectivity index (χ1v) is 15.4. The van der Waals surface area contributed by atoms with Gasteiger partial charge in [0.15, 0.2) is 17.3 Å². The first-order valence-electron chi connectivity index (χ1n) is 12.2. The fraction of sp³-hybridized carbons (Fsp3) is 0.259. The second-order valence-corrected chi connectivity index (χ2v) is 13.3. The van der Waals surface area contributed by atoms with E-state index in [1.165, 1.54) is 62.8 Å². The van der Waals surface area contributed by atoms with Gasteiger partial charge in [0.05, 0.1) is 24.8 Å². The Hall–Kier alpha value is -3.00. The molecule has 3 aromatic rings. The Labute approximate surface area is 250 Å². The van der Waals surface area contributed by atoms with E-state index in [4.69, 9.17) is 38.4 Å². The van der Waals surface area contributed by atoms with Gasteiger partial charge in [0.2, 0.25) is 4.87 Å². The fourth-order valence-electron chi connectivity index (χ4n) is 5.29. The third-order valence-corrected chi connectivity index (χ3v) is 10.9. The number of rotatable bonds is 8. The Morgan fingerprint density at radius 1 is 1.05 bits per heavy atom. The van der Waals surface area contributed by atoms with Crippen LogP contribution in [-0.2, 0) is 25.2 Å². The van der Waals surface area contributed by atoms with Crippen molar-refractivity contribution in [3.63, 3.8) is 0 Å². The van der Waals surface area contributed by atoms with Crippen LogP contribution in [0.3, 0.4) is 0 Å². The summed E-state index contributed by atoms with van der Waals surface area (Å²) < 4.78 is 40.4. The molecule has 2 aliphatic heterocycles. The van der Waals surface area contributed by atoms with E-state index in [1.54, 1.807) is 12.1 Å². The number of thioether (sulfide) groups is 1. The molecule has 5 rings (SSSR count). The third-order valence-electron chi connectivity index (χ3n) is 7.17. The number of primary amides is 1. The summed E-state index contributed by atoms with van der Waals surface area (Å²) in [5.41, 5.74) is 3.38. The van der Waals surface area contributed by atoms with E-state index in [9.17, 15) is 23.1 Å². The number of fused-ring (bicyclic) bond motifs is 1. The number of nitrogens with zero attached hydrogens (tertiary/aromatic N) is 1. The number of carbonyl (C=O) groups is 2. The van der Waals surface area contributed by atoms with Crippen LogP contribution in [0.25, 0.3) is 0 Å². The van der Waals surface area contributed by atoms with Crippen LogP contribution in [0, 0.1) is 0 Å². The highest BCUT2D eigenvalue weighted by Crippen LogP contribution is 2.54. The van der Waals surface area contributed by atoms with Gasteiger partial charge < -0.3 is 20.3 Å². The number of benzene rings is 3. The van der Waals surface area contributed by atoms with Gasteiger partial charge in [0, 0.05) is 39.5 Å². The maximum Gasteiger partial charge on any atom is 0.265 e. The summed E-state index contributed by atoms with van der Waals surface area (Å²) >= 11 is 13.8. The van der Waals surface area contributed by atoms with E-state index in [0.29, 0.717) is 5.75 Å². The van der Waals surface area contributed by atoms with Crippen molar-refractivity contribution in [1.82, 2.24) is 5.32 Å². The molecule has 2 heterocycles. The maximum atomic E-state index is 14.6.